The lowest BCUT2D eigenvalue weighted by Crippen LogP contribution is -2.00. The van der Waals surface area contributed by atoms with Gasteiger partial charge in [-0.25, -0.2) is 9.18 Å². The van der Waals surface area contributed by atoms with Gasteiger partial charge in [0.2, 0.25) is 0 Å². The van der Waals surface area contributed by atoms with Crippen molar-refractivity contribution in [2.75, 3.05) is 0 Å². The van der Waals surface area contributed by atoms with E-state index in [1.807, 2.05) is 31.2 Å². The number of carboxylic acid groups (broad SMARTS) is 1. The van der Waals surface area contributed by atoms with Gasteiger partial charge in [-0.2, -0.15) is 0 Å². The summed E-state index contributed by atoms with van der Waals surface area (Å²) in [6, 6.07) is 11.2. The van der Waals surface area contributed by atoms with Crippen LogP contribution in [0.4, 0.5) is 4.39 Å². The Morgan fingerprint density at radius 3 is 2.74 bits per heavy atom. The molecule has 98 valence electrons. The molecule has 0 heterocycles. The molecule has 2 aromatic rings. The second-order valence-corrected chi connectivity index (χ2v) is 4.26. The molecule has 0 unspecified atom stereocenters. The maximum atomic E-state index is 13.2. The molecule has 0 aliphatic rings. The Hall–Kier alpha value is -2.36. The second-order valence-electron chi connectivity index (χ2n) is 4.26. The van der Waals surface area contributed by atoms with Gasteiger partial charge in [0.1, 0.15) is 18.2 Å². The van der Waals surface area contributed by atoms with Crippen molar-refractivity contribution in [2.24, 2.45) is 0 Å². The highest BCUT2D eigenvalue weighted by molar-refractivity contribution is 5.88. The third kappa shape index (κ3) is 3.55. The Labute approximate surface area is 110 Å². The fraction of sp³-hybridized carbons (Fsp3) is 0.133. The van der Waals surface area contributed by atoms with Crippen molar-refractivity contribution in [2.45, 2.75) is 13.5 Å². The van der Waals surface area contributed by atoms with Crippen LogP contribution in [-0.2, 0) is 6.61 Å². The Bertz CT molecular complexity index is 608. The maximum absolute atomic E-state index is 13.2. The van der Waals surface area contributed by atoms with Crippen molar-refractivity contribution in [1.29, 1.82) is 0 Å². The molecule has 0 aliphatic heterocycles. The van der Waals surface area contributed by atoms with Gasteiger partial charge in [-0.15, -0.1) is 0 Å². The van der Waals surface area contributed by atoms with Crippen LogP contribution >= 0.6 is 0 Å². The van der Waals surface area contributed by atoms with Gasteiger partial charge in [0.15, 0.2) is 0 Å². The van der Waals surface area contributed by atoms with Crippen LogP contribution in [0, 0.1) is 12.7 Å². The molecule has 0 bridgehead atoms. The van der Waals surface area contributed by atoms with Crippen LogP contribution in [0.25, 0.3) is 0 Å². The Morgan fingerprint density at radius 1 is 1.26 bits per heavy atom. The first-order chi connectivity index (χ1) is 9.04. The summed E-state index contributed by atoms with van der Waals surface area (Å²) in [5.41, 5.74) is 1.92. The average Bonchev–Trinajstić information content (AvgIpc) is 2.36. The summed E-state index contributed by atoms with van der Waals surface area (Å²) in [5, 5.41) is 8.83. The SMILES string of the molecule is Cc1cccc(COc2cc(F)cc(C(=O)O)c2)c1. The fourth-order valence-electron chi connectivity index (χ4n) is 1.74. The van der Waals surface area contributed by atoms with E-state index in [1.165, 1.54) is 12.1 Å². The zero-order chi connectivity index (χ0) is 13.8. The topological polar surface area (TPSA) is 46.5 Å². The van der Waals surface area contributed by atoms with Gasteiger partial charge in [-0.1, -0.05) is 29.8 Å². The molecular weight excluding hydrogens is 247 g/mol. The quantitative estimate of drug-likeness (QED) is 0.916. The summed E-state index contributed by atoms with van der Waals surface area (Å²) >= 11 is 0. The number of rotatable bonds is 4. The highest BCUT2D eigenvalue weighted by atomic mass is 19.1. The first kappa shape index (κ1) is 13.1. The Morgan fingerprint density at radius 2 is 2.05 bits per heavy atom. The van der Waals surface area contributed by atoms with E-state index >= 15 is 0 Å². The first-order valence-corrected chi connectivity index (χ1v) is 5.77. The average molecular weight is 260 g/mol. The van der Waals surface area contributed by atoms with E-state index in [2.05, 4.69) is 0 Å². The summed E-state index contributed by atoms with van der Waals surface area (Å²) < 4.78 is 18.6. The van der Waals surface area contributed by atoms with Crippen LogP contribution in [0.2, 0.25) is 0 Å². The van der Waals surface area contributed by atoms with Crippen LogP contribution in [-0.4, -0.2) is 11.1 Å². The van der Waals surface area contributed by atoms with Crippen LogP contribution in [0.3, 0.4) is 0 Å². The fourth-order valence-corrected chi connectivity index (χ4v) is 1.74. The molecule has 0 fully saturated rings. The van der Waals surface area contributed by atoms with E-state index in [9.17, 15) is 9.18 Å². The van der Waals surface area contributed by atoms with Gasteiger partial charge in [0.05, 0.1) is 5.56 Å². The maximum Gasteiger partial charge on any atom is 0.335 e. The molecule has 19 heavy (non-hydrogen) atoms. The molecule has 0 radical (unpaired) electrons. The minimum absolute atomic E-state index is 0.126. The third-order valence-corrected chi connectivity index (χ3v) is 2.61. The van der Waals surface area contributed by atoms with E-state index in [4.69, 9.17) is 9.84 Å². The van der Waals surface area contributed by atoms with Crippen molar-refractivity contribution >= 4 is 5.97 Å². The Kier molecular flexibility index (Phi) is 3.80. The smallest absolute Gasteiger partial charge is 0.335 e. The van der Waals surface area contributed by atoms with E-state index in [-0.39, 0.29) is 17.9 Å². The lowest BCUT2D eigenvalue weighted by Gasteiger charge is -2.08. The molecule has 2 rings (SSSR count). The van der Waals surface area contributed by atoms with Crippen LogP contribution < -0.4 is 4.74 Å². The molecule has 0 atom stereocenters. The number of halogens is 1. The van der Waals surface area contributed by atoms with Gasteiger partial charge in [-0.3, -0.25) is 0 Å². The van der Waals surface area contributed by atoms with E-state index in [0.717, 1.165) is 17.2 Å². The molecule has 0 aromatic heterocycles. The summed E-state index contributed by atoms with van der Waals surface area (Å²) in [5.74, 6) is -1.60. The number of hydrogen-bond donors (Lipinski definition) is 1. The van der Waals surface area contributed by atoms with Gasteiger partial charge < -0.3 is 9.84 Å². The first-order valence-electron chi connectivity index (χ1n) is 5.77. The largest absolute Gasteiger partial charge is 0.489 e. The standard InChI is InChI=1S/C15H13FO3/c1-10-3-2-4-11(5-10)9-19-14-7-12(15(17)18)6-13(16)8-14/h2-8H,9H2,1H3,(H,17,18). The third-order valence-electron chi connectivity index (χ3n) is 2.61. The second kappa shape index (κ2) is 5.52. The minimum atomic E-state index is -1.18. The van der Waals surface area contributed by atoms with Crippen LogP contribution in [0.15, 0.2) is 42.5 Å². The molecule has 3 nitrogen and oxygen atoms in total. The van der Waals surface area contributed by atoms with Crippen molar-refractivity contribution in [1.82, 2.24) is 0 Å². The summed E-state index contributed by atoms with van der Waals surface area (Å²) in [6.45, 7) is 2.23. The van der Waals surface area contributed by atoms with E-state index in [1.54, 1.807) is 0 Å². The van der Waals surface area contributed by atoms with Crippen molar-refractivity contribution in [3.05, 3.63) is 65.0 Å². The molecule has 2 aromatic carbocycles. The van der Waals surface area contributed by atoms with Crippen LogP contribution in [0.1, 0.15) is 21.5 Å². The Balaban J connectivity index is 2.13. The van der Waals surface area contributed by atoms with Gasteiger partial charge in [-0.05, 0) is 24.6 Å². The molecular formula is C15H13FO3. The highest BCUT2D eigenvalue weighted by Crippen LogP contribution is 2.18. The van der Waals surface area contributed by atoms with Gasteiger partial charge in [0, 0.05) is 6.07 Å². The lowest BCUT2D eigenvalue weighted by atomic mass is 10.1. The number of benzene rings is 2. The molecule has 0 amide bonds. The van der Waals surface area contributed by atoms with Gasteiger partial charge >= 0.3 is 5.97 Å². The number of carbonyl (C=O) groups is 1. The van der Waals surface area contributed by atoms with Crippen molar-refractivity contribution in [3.8, 4) is 5.75 Å². The molecule has 0 saturated carbocycles. The summed E-state index contributed by atoms with van der Waals surface area (Å²) in [6.07, 6.45) is 0. The minimum Gasteiger partial charge on any atom is -0.489 e. The molecule has 1 N–H and O–H groups in total. The van der Waals surface area contributed by atoms with Crippen molar-refractivity contribution < 1.29 is 19.0 Å². The lowest BCUT2D eigenvalue weighted by molar-refractivity contribution is 0.0695. The number of aryl methyl sites for hydroxylation is 1. The van der Waals surface area contributed by atoms with Crippen molar-refractivity contribution in [3.63, 3.8) is 0 Å². The predicted octanol–water partition coefficient (Wildman–Crippen LogP) is 3.41. The van der Waals surface area contributed by atoms with E-state index < -0.39 is 11.8 Å². The predicted molar refractivity (Wildman–Crippen MR) is 68.9 cm³/mol. The molecule has 0 spiro atoms. The number of carboxylic acids is 1. The van der Waals surface area contributed by atoms with Gasteiger partial charge in [0.25, 0.3) is 0 Å². The number of hydrogen-bond acceptors (Lipinski definition) is 2. The summed E-state index contributed by atoms with van der Waals surface area (Å²) in [7, 11) is 0. The molecule has 0 saturated heterocycles. The number of aromatic carboxylic acids is 1. The molecule has 0 aliphatic carbocycles. The highest BCUT2D eigenvalue weighted by Gasteiger charge is 2.08. The van der Waals surface area contributed by atoms with Crippen LogP contribution in [0.5, 0.6) is 5.75 Å². The normalized spacial score (nSPS) is 10.2. The molecule has 4 heteroatoms. The zero-order valence-corrected chi connectivity index (χ0v) is 10.4. The zero-order valence-electron chi connectivity index (χ0n) is 10.4. The van der Waals surface area contributed by atoms with E-state index in [0.29, 0.717) is 0 Å². The number of ether oxygens (including phenoxy) is 1. The summed E-state index contributed by atoms with van der Waals surface area (Å²) in [4.78, 5) is 10.8. The monoisotopic (exact) mass is 260 g/mol.